The van der Waals surface area contributed by atoms with E-state index in [1.807, 2.05) is 79.0 Å². The number of aryl methyl sites for hydroxylation is 3. The van der Waals surface area contributed by atoms with Crippen LogP contribution in [0.4, 0.5) is 5.69 Å². The van der Waals surface area contributed by atoms with Crippen molar-refractivity contribution in [2.75, 3.05) is 5.32 Å². The van der Waals surface area contributed by atoms with Gasteiger partial charge in [0, 0.05) is 24.8 Å². The number of aromatic nitrogens is 2. The number of carbonyl (C=O) groups is 1. The summed E-state index contributed by atoms with van der Waals surface area (Å²) in [5.41, 5.74) is 5.49. The summed E-state index contributed by atoms with van der Waals surface area (Å²) in [5.74, 6) is -0.0326. The van der Waals surface area contributed by atoms with Gasteiger partial charge in [-0.15, -0.1) is 0 Å². The maximum atomic E-state index is 12.9. The number of para-hydroxylation sites is 2. The highest BCUT2D eigenvalue weighted by Gasteiger charge is 2.11. The second kappa shape index (κ2) is 7.35. The summed E-state index contributed by atoms with van der Waals surface area (Å²) < 4.78 is 3.69. The van der Waals surface area contributed by atoms with Gasteiger partial charge in [-0.05, 0) is 61.7 Å². The van der Waals surface area contributed by atoms with E-state index in [1.54, 1.807) is 4.57 Å². The van der Waals surface area contributed by atoms with E-state index in [9.17, 15) is 9.59 Å². The van der Waals surface area contributed by atoms with Crippen LogP contribution in [0.25, 0.3) is 16.6 Å². The van der Waals surface area contributed by atoms with Crippen LogP contribution in [-0.4, -0.2) is 14.9 Å². The normalized spacial score (nSPS) is 11.2. The molecule has 1 amide bonds. The van der Waals surface area contributed by atoms with Crippen molar-refractivity contribution in [3.63, 3.8) is 0 Å². The Bertz CT molecular complexity index is 1230. The molecule has 0 aliphatic heterocycles. The van der Waals surface area contributed by atoms with Crippen molar-refractivity contribution in [1.29, 1.82) is 0 Å². The van der Waals surface area contributed by atoms with Gasteiger partial charge in [-0.25, -0.2) is 0 Å². The molecule has 0 atom stereocenters. The van der Waals surface area contributed by atoms with E-state index in [0.29, 0.717) is 24.9 Å². The number of carbonyl (C=O) groups excluding carboxylic acids is 1. The topological polar surface area (TPSA) is 55.5 Å². The first-order chi connectivity index (χ1) is 13.5. The van der Waals surface area contributed by atoms with Crippen molar-refractivity contribution >= 4 is 28.1 Å². The van der Waals surface area contributed by atoms with E-state index in [4.69, 9.17) is 0 Å². The zero-order valence-corrected chi connectivity index (χ0v) is 16.1. The fraction of sp³-hybridized carbons (Fsp3) is 0.217. The standard InChI is InChI=1S/C23H23N3O2/c1-16-11-12-17(2)18(15-16)24-22(27)10-6-14-26-20-8-4-3-7-19(20)25-13-5-9-21(25)23(26)28/h3-5,7-9,11-13,15H,6,10,14H2,1-2H3,(H,24,27). The molecule has 0 aliphatic rings. The lowest BCUT2D eigenvalue weighted by atomic mass is 10.1. The van der Waals surface area contributed by atoms with Gasteiger partial charge in [-0.3, -0.25) is 9.59 Å². The number of nitrogens with zero attached hydrogens (tertiary/aromatic N) is 2. The van der Waals surface area contributed by atoms with E-state index in [0.717, 1.165) is 27.8 Å². The van der Waals surface area contributed by atoms with Crippen molar-refractivity contribution in [2.24, 2.45) is 0 Å². The Morgan fingerprint density at radius 1 is 0.964 bits per heavy atom. The molecule has 5 heteroatoms. The molecule has 0 bridgehead atoms. The minimum absolute atomic E-state index is 0.0290. The predicted molar refractivity (Wildman–Crippen MR) is 113 cm³/mol. The van der Waals surface area contributed by atoms with Gasteiger partial charge in [0.15, 0.2) is 0 Å². The number of hydrogen-bond acceptors (Lipinski definition) is 2. The Morgan fingerprint density at radius 3 is 2.54 bits per heavy atom. The van der Waals surface area contributed by atoms with Crippen LogP contribution in [0.2, 0.25) is 0 Å². The van der Waals surface area contributed by atoms with Crippen molar-refractivity contribution in [2.45, 2.75) is 33.2 Å². The highest BCUT2D eigenvalue weighted by Crippen LogP contribution is 2.18. The fourth-order valence-electron chi connectivity index (χ4n) is 3.61. The summed E-state index contributed by atoms with van der Waals surface area (Å²) in [7, 11) is 0. The van der Waals surface area contributed by atoms with Crippen LogP contribution in [0.15, 0.2) is 65.6 Å². The number of rotatable bonds is 5. The minimum atomic E-state index is -0.0326. The van der Waals surface area contributed by atoms with E-state index in [1.165, 1.54) is 0 Å². The Labute approximate surface area is 163 Å². The molecule has 0 spiro atoms. The summed E-state index contributed by atoms with van der Waals surface area (Å²) in [6, 6.07) is 17.6. The third kappa shape index (κ3) is 3.31. The molecule has 0 saturated carbocycles. The first-order valence-corrected chi connectivity index (χ1v) is 9.50. The summed E-state index contributed by atoms with van der Waals surface area (Å²) >= 11 is 0. The van der Waals surface area contributed by atoms with E-state index >= 15 is 0 Å². The number of amides is 1. The third-order valence-electron chi connectivity index (χ3n) is 5.10. The lowest BCUT2D eigenvalue weighted by molar-refractivity contribution is -0.116. The molecule has 0 fully saturated rings. The Morgan fingerprint density at radius 2 is 1.71 bits per heavy atom. The van der Waals surface area contributed by atoms with Crippen LogP contribution in [-0.2, 0) is 11.3 Å². The SMILES string of the molecule is Cc1ccc(C)c(NC(=O)CCCn2c(=O)c3cccn3c3ccccc32)c1. The van der Waals surface area contributed by atoms with Crippen LogP contribution in [0.3, 0.4) is 0 Å². The summed E-state index contributed by atoms with van der Waals surface area (Å²) in [5, 5.41) is 2.98. The molecular weight excluding hydrogens is 350 g/mol. The van der Waals surface area contributed by atoms with Gasteiger partial charge >= 0.3 is 0 Å². The van der Waals surface area contributed by atoms with Gasteiger partial charge in [0.1, 0.15) is 5.52 Å². The number of hydrogen-bond donors (Lipinski definition) is 1. The second-order valence-corrected chi connectivity index (χ2v) is 7.18. The van der Waals surface area contributed by atoms with Gasteiger partial charge in [-0.1, -0.05) is 24.3 Å². The summed E-state index contributed by atoms with van der Waals surface area (Å²) in [6.45, 7) is 4.49. The monoisotopic (exact) mass is 373 g/mol. The summed E-state index contributed by atoms with van der Waals surface area (Å²) in [6.07, 6.45) is 2.86. The number of fused-ring (bicyclic) bond motifs is 3. The molecule has 1 N–H and O–H groups in total. The molecule has 2 aromatic heterocycles. The van der Waals surface area contributed by atoms with Gasteiger partial charge in [0.05, 0.1) is 11.0 Å². The molecule has 2 aromatic carbocycles. The van der Waals surface area contributed by atoms with Gasteiger partial charge in [0.25, 0.3) is 5.56 Å². The van der Waals surface area contributed by atoms with Crippen LogP contribution >= 0.6 is 0 Å². The molecule has 5 nitrogen and oxygen atoms in total. The maximum Gasteiger partial charge on any atom is 0.275 e. The van der Waals surface area contributed by atoms with Crippen molar-refractivity contribution in [3.8, 4) is 0 Å². The number of nitrogens with one attached hydrogen (secondary N) is 1. The molecule has 0 aliphatic carbocycles. The minimum Gasteiger partial charge on any atom is -0.326 e. The van der Waals surface area contributed by atoms with E-state index in [-0.39, 0.29) is 11.5 Å². The second-order valence-electron chi connectivity index (χ2n) is 7.18. The summed E-state index contributed by atoms with van der Waals surface area (Å²) in [4.78, 5) is 25.3. The number of benzene rings is 2. The molecule has 0 unspecified atom stereocenters. The molecule has 0 radical (unpaired) electrons. The maximum absolute atomic E-state index is 12.9. The quantitative estimate of drug-likeness (QED) is 0.567. The highest BCUT2D eigenvalue weighted by atomic mass is 16.1. The molecule has 142 valence electrons. The Kier molecular flexibility index (Phi) is 4.74. The average molecular weight is 373 g/mol. The van der Waals surface area contributed by atoms with E-state index < -0.39 is 0 Å². The lowest BCUT2D eigenvalue weighted by Gasteiger charge is -2.13. The van der Waals surface area contributed by atoms with Crippen molar-refractivity contribution in [1.82, 2.24) is 8.97 Å². The van der Waals surface area contributed by atoms with Crippen molar-refractivity contribution < 1.29 is 4.79 Å². The lowest BCUT2D eigenvalue weighted by Crippen LogP contribution is -2.23. The van der Waals surface area contributed by atoms with Crippen LogP contribution < -0.4 is 10.9 Å². The third-order valence-corrected chi connectivity index (χ3v) is 5.10. The van der Waals surface area contributed by atoms with Crippen LogP contribution in [0, 0.1) is 13.8 Å². The first kappa shape index (κ1) is 18.0. The molecule has 4 rings (SSSR count). The zero-order chi connectivity index (χ0) is 19.7. The first-order valence-electron chi connectivity index (χ1n) is 9.50. The molecule has 28 heavy (non-hydrogen) atoms. The highest BCUT2D eigenvalue weighted by molar-refractivity contribution is 5.91. The van der Waals surface area contributed by atoms with Crippen molar-refractivity contribution in [3.05, 3.63) is 82.3 Å². The predicted octanol–water partition coefficient (Wildman–Crippen LogP) is 4.29. The Balaban J connectivity index is 1.52. The molecule has 2 heterocycles. The Hall–Kier alpha value is -3.34. The molecule has 0 saturated heterocycles. The fourth-order valence-corrected chi connectivity index (χ4v) is 3.61. The van der Waals surface area contributed by atoms with Gasteiger partial charge in [0.2, 0.25) is 5.91 Å². The largest absolute Gasteiger partial charge is 0.326 e. The van der Waals surface area contributed by atoms with Gasteiger partial charge < -0.3 is 14.3 Å². The molecular formula is C23H23N3O2. The van der Waals surface area contributed by atoms with E-state index in [2.05, 4.69) is 5.32 Å². The number of anilines is 1. The molecule has 4 aromatic rings. The zero-order valence-electron chi connectivity index (χ0n) is 16.1. The van der Waals surface area contributed by atoms with Crippen LogP contribution in [0.1, 0.15) is 24.0 Å². The van der Waals surface area contributed by atoms with Crippen LogP contribution in [0.5, 0.6) is 0 Å². The average Bonchev–Trinajstić information content (AvgIpc) is 3.18. The smallest absolute Gasteiger partial charge is 0.275 e. The van der Waals surface area contributed by atoms with Gasteiger partial charge in [-0.2, -0.15) is 0 Å².